The van der Waals surface area contributed by atoms with Crippen LogP contribution in [-0.2, 0) is 4.79 Å². The molecule has 0 aromatic heterocycles. The van der Waals surface area contributed by atoms with Crippen LogP contribution in [0.1, 0.15) is 46.0 Å². The third-order valence-electron chi connectivity index (χ3n) is 3.70. The van der Waals surface area contributed by atoms with E-state index in [0.29, 0.717) is 11.7 Å². The van der Waals surface area contributed by atoms with Crippen LogP contribution in [0.5, 0.6) is 0 Å². The third-order valence-corrected chi connectivity index (χ3v) is 3.70. The molecular weight excluding hydrogens is 172 g/mol. The number of Topliss-reactive ketones (excluding diaryl/α,β-unsaturated/α-hetero) is 1. The lowest BCUT2D eigenvalue weighted by Crippen LogP contribution is -2.06. The molecule has 14 heavy (non-hydrogen) atoms. The van der Waals surface area contributed by atoms with Crippen molar-refractivity contribution in [1.29, 1.82) is 0 Å². The van der Waals surface area contributed by atoms with E-state index in [-0.39, 0.29) is 0 Å². The quantitative estimate of drug-likeness (QED) is 0.579. The zero-order chi connectivity index (χ0) is 10.1. The second kappa shape index (κ2) is 3.72. The van der Waals surface area contributed by atoms with Crippen molar-refractivity contribution in [2.45, 2.75) is 46.0 Å². The van der Waals surface area contributed by atoms with E-state index in [9.17, 15) is 4.79 Å². The Morgan fingerprint density at radius 2 is 2.07 bits per heavy atom. The first kappa shape index (κ1) is 9.70. The Hall–Kier alpha value is -0.850. The van der Waals surface area contributed by atoms with Crippen molar-refractivity contribution in [3.05, 3.63) is 22.8 Å². The molecule has 0 amide bonds. The second-order valence-electron chi connectivity index (χ2n) is 4.51. The van der Waals surface area contributed by atoms with Crippen LogP contribution in [0.25, 0.3) is 0 Å². The van der Waals surface area contributed by atoms with Gasteiger partial charge >= 0.3 is 0 Å². The standard InChI is InChI=1S/C13H18O/c1-9-10(2)13(14)8-12(9)11-6-4-3-5-7-11/h6,12H,3-5,7-8H2,1-2H3. The van der Waals surface area contributed by atoms with Crippen LogP contribution in [0.15, 0.2) is 22.8 Å². The number of hydrogen-bond donors (Lipinski definition) is 0. The maximum Gasteiger partial charge on any atom is 0.159 e. The maximum absolute atomic E-state index is 11.6. The minimum absolute atomic E-state index is 0.360. The van der Waals surface area contributed by atoms with Gasteiger partial charge in [-0.05, 0) is 45.1 Å². The van der Waals surface area contributed by atoms with E-state index in [0.717, 1.165) is 12.0 Å². The van der Waals surface area contributed by atoms with Gasteiger partial charge in [-0.25, -0.2) is 0 Å². The van der Waals surface area contributed by atoms with Gasteiger partial charge in [-0.3, -0.25) is 4.79 Å². The van der Waals surface area contributed by atoms with Gasteiger partial charge in [0, 0.05) is 12.3 Å². The summed E-state index contributed by atoms with van der Waals surface area (Å²) in [6, 6.07) is 0. The summed E-state index contributed by atoms with van der Waals surface area (Å²) in [6.07, 6.45) is 8.16. The molecule has 0 spiro atoms. The van der Waals surface area contributed by atoms with E-state index in [1.54, 1.807) is 0 Å². The summed E-state index contributed by atoms with van der Waals surface area (Å²) in [5.41, 5.74) is 3.86. The SMILES string of the molecule is CC1=C(C)C(C2=CCCCC2)CC1=O. The highest BCUT2D eigenvalue weighted by Gasteiger charge is 2.29. The average Bonchev–Trinajstić information content (AvgIpc) is 2.47. The van der Waals surface area contributed by atoms with E-state index < -0.39 is 0 Å². The Kier molecular flexibility index (Phi) is 2.58. The molecule has 2 rings (SSSR count). The molecule has 76 valence electrons. The molecule has 0 saturated carbocycles. The van der Waals surface area contributed by atoms with Crippen molar-refractivity contribution in [1.82, 2.24) is 0 Å². The van der Waals surface area contributed by atoms with Crippen molar-refractivity contribution in [3.8, 4) is 0 Å². The fraction of sp³-hybridized carbons (Fsp3) is 0.615. The molecule has 1 heteroatoms. The van der Waals surface area contributed by atoms with Gasteiger partial charge in [0.25, 0.3) is 0 Å². The van der Waals surface area contributed by atoms with Crippen molar-refractivity contribution in [2.24, 2.45) is 5.92 Å². The molecule has 0 aromatic rings. The molecule has 0 saturated heterocycles. The van der Waals surface area contributed by atoms with Gasteiger partial charge in [0.2, 0.25) is 0 Å². The topological polar surface area (TPSA) is 17.1 Å². The minimum Gasteiger partial charge on any atom is -0.295 e. The molecule has 0 aromatic carbocycles. The molecule has 0 N–H and O–H groups in total. The normalized spacial score (nSPS) is 28.3. The van der Waals surface area contributed by atoms with Gasteiger partial charge in [-0.2, -0.15) is 0 Å². The minimum atomic E-state index is 0.360. The fourth-order valence-corrected chi connectivity index (χ4v) is 2.56. The van der Waals surface area contributed by atoms with Gasteiger partial charge in [0.15, 0.2) is 5.78 Å². The lowest BCUT2D eigenvalue weighted by molar-refractivity contribution is -0.115. The number of rotatable bonds is 1. The van der Waals surface area contributed by atoms with E-state index in [1.165, 1.54) is 36.8 Å². The average molecular weight is 190 g/mol. The van der Waals surface area contributed by atoms with Crippen LogP contribution in [0.4, 0.5) is 0 Å². The van der Waals surface area contributed by atoms with Crippen molar-refractivity contribution in [2.75, 3.05) is 0 Å². The number of allylic oxidation sites excluding steroid dienone is 4. The van der Waals surface area contributed by atoms with Gasteiger partial charge in [-0.1, -0.05) is 17.2 Å². The van der Waals surface area contributed by atoms with E-state index in [2.05, 4.69) is 13.0 Å². The Morgan fingerprint density at radius 3 is 2.57 bits per heavy atom. The summed E-state index contributed by atoms with van der Waals surface area (Å²) in [4.78, 5) is 11.6. The Morgan fingerprint density at radius 1 is 1.29 bits per heavy atom. The second-order valence-corrected chi connectivity index (χ2v) is 4.51. The lowest BCUT2D eigenvalue weighted by Gasteiger charge is -2.19. The Balaban J connectivity index is 2.21. The van der Waals surface area contributed by atoms with Crippen LogP contribution in [0.2, 0.25) is 0 Å². The summed E-state index contributed by atoms with van der Waals surface area (Å²) < 4.78 is 0. The first-order valence-corrected chi connectivity index (χ1v) is 5.59. The number of carbonyl (C=O) groups is 1. The Bertz CT molecular complexity index is 320. The molecule has 1 atom stereocenters. The molecular formula is C13H18O. The monoisotopic (exact) mass is 190 g/mol. The largest absolute Gasteiger partial charge is 0.295 e. The van der Waals surface area contributed by atoms with Gasteiger partial charge < -0.3 is 0 Å². The number of ketones is 1. The summed E-state index contributed by atoms with van der Waals surface area (Å²) in [6.45, 7) is 4.10. The predicted molar refractivity (Wildman–Crippen MR) is 58.0 cm³/mol. The van der Waals surface area contributed by atoms with E-state index >= 15 is 0 Å². The van der Waals surface area contributed by atoms with E-state index in [4.69, 9.17) is 0 Å². The van der Waals surface area contributed by atoms with E-state index in [1.807, 2.05) is 6.92 Å². The smallest absolute Gasteiger partial charge is 0.159 e. The van der Waals surface area contributed by atoms with Crippen LogP contribution in [0.3, 0.4) is 0 Å². The van der Waals surface area contributed by atoms with Crippen LogP contribution in [-0.4, -0.2) is 5.78 Å². The number of hydrogen-bond acceptors (Lipinski definition) is 1. The maximum atomic E-state index is 11.6. The van der Waals surface area contributed by atoms with Crippen molar-refractivity contribution >= 4 is 5.78 Å². The van der Waals surface area contributed by atoms with Gasteiger partial charge in [-0.15, -0.1) is 0 Å². The first-order valence-electron chi connectivity index (χ1n) is 5.59. The summed E-state index contributed by atoms with van der Waals surface area (Å²) >= 11 is 0. The summed E-state index contributed by atoms with van der Waals surface area (Å²) in [5, 5.41) is 0. The molecule has 0 radical (unpaired) electrons. The summed E-state index contributed by atoms with van der Waals surface area (Å²) in [5.74, 6) is 0.821. The van der Waals surface area contributed by atoms with Crippen LogP contribution < -0.4 is 0 Å². The third kappa shape index (κ3) is 1.56. The summed E-state index contributed by atoms with van der Waals surface area (Å²) in [7, 11) is 0. The lowest BCUT2D eigenvalue weighted by atomic mass is 9.85. The molecule has 2 aliphatic carbocycles. The highest BCUT2D eigenvalue weighted by Crippen LogP contribution is 2.37. The molecule has 0 heterocycles. The first-order chi connectivity index (χ1) is 6.70. The van der Waals surface area contributed by atoms with Crippen LogP contribution in [0, 0.1) is 5.92 Å². The van der Waals surface area contributed by atoms with Gasteiger partial charge in [0.1, 0.15) is 0 Å². The molecule has 0 aliphatic heterocycles. The van der Waals surface area contributed by atoms with Gasteiger partial charge in [0.05, 0.1) is 0 Å². The number of carbonyl (C=O) groups excluding carboxylic acids is 1. The molecule has 0 fully saturated rings. The zero-order valence-electron chi connectivity index (χ0n) is 9.10. The zero-order valence-corrected chi connectivity index (χ0v) is 9.10. The molecule has 1 unspecified atom stereocenters. The fourth-order valence-electron chi connectivity index (χ4n) is 2.56. The van der Waals surface area contributed by atoms with Crippen molar-refractivity contribution < 1.29 is 4.79 Å². The highest BCUT2D eigenvalue weighted by molar-refractivity contribution is 5.98. The predicted octanol–water partition coefficient (Wildman–Crippen LogP) is 3.41. The van der Waals surface area contributed by atoms with Crippen LogP contribution >= 0.6 is 0 Å². The molecule has 2 aliphatic rings. The Labute approximate surface area is 85.9 Å². The van der Waals surface area contributed by atoms with Crippen molar-refractivity contribution in [3.63, 3.8) is 0 Å². The molecule has 1 nitrogen and oxygen atoms in total. The molecule has 0 bridgehead atoms. The highest BCUT2D eigenvalue weighted by atomic mass is 16.1.